The van der Waals surface area contributed by atoms with Gasteiger partial charge in [-0.25, -0.2) is 5.01 Å². The minimum Gasteiger partial charge on any atom is -0.508 e. The smallest absolute Gasteiger partial charge is 0.132 e. The van der Waals surface area contributed by atoms with Gasteiger partial charge in [0.15, 0.2) is 0 Å². The fraction of sp³-hybridized carbons (Fsp3) is 0.100. The van der Waals surface area contributed by atoms with Gasteiger partial charge in [-0.05, 0) is 6.08 Å². The topological polar surface area (TPSA) is 59.3 Å². The Bertz CT molecular complexity index is 482. The van der Waals surface area contributed by atoms with Crippen molar-refractivity contribution >= 4 is 18.1 Å². The van der Waals surface area contributed by atoms with E-state index >= 15 is 0 Å². The number of benzene rings is 1. The molecule has 0 atom stereocenters. The van der Waals surface area contributed by atoms with E-state index < -0.39 is 0 Å². The molecule has 76 valence electrons. The molecule has 0 amide bonds. The molecule has 0 radical (unpaired) electrons. The maximum absolute atomic E-state index is 9.66. The van der Waals surface area contributed by atoms with Gasteiger partial charge in [0, 0.05) is 23.9 Å². The molecule has 5 heteroatoms. The molecule has 5 nitrogen and oxygen atoms in total. The summed E-state index contributed by atoms with van der Waals surface area (Å²) in [7, 11) is 0. The number of phenols is 2. The summed E-state index contributed by atoms with van der Waals surface area (Å²) >= 11 is 0. The van der Waals surface area contributed by atoms with Crippen LogP contribution in [0.2, 0.25) is 0 Å². The first kappa shape index (κ1) is 8.16. The van der Waals surface area contributed by atoms with Crippen LogP contribution in [0.1, 0.15) is 5.56 Å². The van der Waals surface area contributed by atoms with Crippen LogP contribution in [0.25, 0.3) is 6.08 Å². The molecule has 0 bridgehead atoms. The van der Waals surface area contributed by atoms with Crippen LogP contribution in [0.4, 0.5) is 5.69 Å². The van der Waals surface area contributed by atoms with Gasteiger partial charge in [0.25, 0.3) is 0 Å². The molecule has 0 aliphatic carbocycles. The Morgan fingerprint density at radius 1 is 1.27 bits per heavy atom. The lowest BCUT2D eigenvalue weighted by molar-refractivity contribution is 0.446. The van der Waals surface area contributed by atoms with Gasteiger partial charge in [-0.1, -0.05) is 0 Å². The number of aliphatic imine (C=N–C) groups is 1. The number of rotatable bonds is 0. The summed E-state index contributed by atoms with van der Waals surface area (Å²) in [6, 6.07) is 2.94. The van der Waals surface area contributed by atoms with E-state index in [0.29, 0.717) is 12.2 Å². The van der Waals surface area contributed by atoms with Crippen LogP contribution < -0.4 is 5.01 Å². The van der Waals surface area contributed by atoms with Crippen molar-refractivity contribution < 1.29 is 10.2 Å². The van der Waals surface area contributed by atoms with Crippen molar-refractivity contribution in [2.24, 2.45) is 4.99 Å². The Kier molecular flexibility index (Phi) is 1.45. The highest BCUT2D eigenvalue weighted by molar-refractivity contribution is 5.81. The number of nitrogens with zero attached hydrogens (tertiary/aromatic N) is 3. The Balaban J connectivity index is 2.20. The zero-order chi connectivity index (χ0) is 10.4. The second-order valence-corrected chi connectivity index (χ2v) is 3.43. The molecule has 0 aromatic heterocycles. The fourth-order valence-corrected chi connectivity index (χ4v) is 1.80. The molecule has 0 saturated carbocycles. The Morgan fingerprint density at radius 2 is 2.13 bits per heavy atom. The molecule has 0 spiro atoms. The van der Waals surface area contributed by atoms with Crippen LogP contribution in [0, 0.1) is 0 Å². The van der Waals surface area contributed by atoms with Crippen LogP contribution >= 0.6 is 0 Å². The van der Waals surface area contributed by atoms with Gasteiger partial charge >= 0.3 is 0 Å². The third kappa shape index (κ3) is 1.06. The average Bonchev–Trinajstić information content (AvgIpc) is 2.65. The maximum Gasteiger partial charge on any atom is 0.132 e. The van der Waals surface area contributed by atoms with Crippen molar-refractivity contribution in [3.05, 3.63) is 23.9 Å². The lowest BCUT2D eigenvalue weighted by atomic mass is 10.1. The third-order valence-electron chi connectivity index (χ3n) is 2.49. The van der Waals surface area contributed by atoms with E-state index in [0.717, 1.165) is 5.69 Å². The first-order chi connectivity index (χ1) is 7.25. The van der Waals surface area contributed by atoms with E-state index in [1.807, 2.05) is 11.2 Å². The van der Waals surface area contributed by atoms with Crippen molar-refractivity contribution in [2.75, 3.05) is 11.7 Å². The number of anilines is 1. The van der Waals surface area contributed by atoms with Gasteiger partial charge in [-0.3, -0.25) is 10.0 Å². The second-order valence-electron chi connectivity index (χ2n) is 3.43. The lowest BCUT2D eigenvalue weighted by Crippen LogP contribution is -2.35. The van der Waals surface area contributed by atoms with Crippen molar-refractivity contribution in [1.82, 2.24) is 5.01 Å². The summed E-state index contributed by atoms with van der Waals surface area (Å²) in [5.41, 5.74) is 1.46. The van der Waals surface area contributed by atoms with Crippen molar-refractivity contribution in [1.29, 1.82) is 0 Å². The Morgan fingerprint density at radius 3 is 3.00 bits per heavy atom. The van der Waals surface area contributed by atoms with E-state index in [2.05, 4.69) is 4.99 Å². The number of hydrogen-bond acceptors (Lipinski definition) is 5. The largest absolute Gasteiger partial charge is 0.508 e. The van der Waals surface area contributed by atoms with Gasteiger partial charge in [0.05, 0.1) is 5.69 Å². The van der Waals surface area contributed by atoms with E-state index in [9.17, 15) is 10.2 Å². The molecule has 2 aliphatic rings. The predicted octanol–water partition coefficient (Wildman–Crippen LogP) is 1.10. The number of hydrogen-bond donors (Lipinski definition) is 2. The number of phenolic OH excluding ortho intramolecular Hbond substituents is 2. The monoisotopic (exact) mass is 203 g/mol. The van der Waals surface area contributed by atoms with E-state index in [4.69, 9.17) is 0 Å². The summed E-state index contributed by atoms with van der Waals surface area (Å²) in [6.07, 6.45) is 5.30. The zero-order valence-electron chi connectivity index (χ0n) is 7.83. The van der Waals surface area contributed by atoms with E-state index in [1.54, 1.807) is 23.5 Å². The summed E-state index contributed by atoms with van der Waals surface area (Å²) in [4.78, 5) is 4.10. The standard InChI is InChI=1S/C10H9N3O2/c14-7-3-9-8(10(15)4-7)1-2-12-5-11-6-13(9)12/h1-5,14-15H,6H2. The van der Waals surface area contributed by atoms with Crippen molar-refractivity contribution in [3.8, 4) is 11.5 Å². The van der Waals surface area contributed by atoms with Gasteiger partial charge in [-0.2, -0.15) is 0 Å². The highest BCUT2D eigenvalue weighted by Crippen LogP contribution is 2.38. The molecular formula is C10H9N3O2. The van der Waals surface area contributed by atoms with E-state index in [-0.39, 0.29) is 11.5 Å². The van der Waals surface area contributed by atoms with Gasteiger partial charge < -0.3 is 10.2 Å². The predicted molar refractivity (Wildman–Crippen MR) is 56.5 cm³/mol. The molecule has 2 aliphatic heterocycles. The first-order valence-corrected chi connectivity index (χ1v) is 4.55. The van der Waals surface area contributed by atoms with Crippen molar-refractivity contribution in [2.45, 2.75) is 0 Å². The molecule has 15 heavy (non-hydrogen) atoms. The summed E-state index contributed by atoms with van der Waals surface area (Å²) in [5.74, 6) is 0.126. The zero-order valence-corrected chi connectivity index (χ0v) is 7.83. The summed E-state index contributed by atoms with van der Waals surface area (Å²) in [6.45, 7) is 0.500. The lowest BCUT2D eigenvalue weighted by Gasteiger charge is -2.31. The number of fused-ring (bicyclic) bond motifs is 3. The highest BCUT2D eigenvalue weighted by Gasteiger charge is 2.24. The molecule has 2 heterocycles. The number of hydrazine groups is 1. The fourth-order valence-electron chi connectivity index (χ4n) is 1.80. The molecule has 0 unspecified atom stereocenters. The first-order valence-electron chi connectivity index (χ1n) is 4.55. The SMILES string of the molecule is Oc1cc(O)c2c(c1)N1CN=CN1C=C2. The minimum atomic E-state index is 0.0494. The molecule has 0 fully saturated rings. The Hall–Kier alpha value is -2.17. The molecule has 1 aromatic carbocycles. The van der Waals surface area contributed by atoms with E-state index in [1.165, 1.54) is 6.07 Å². The summed E-state index contributed by atoms with van der Waals surface area (Å²) < 4.78 is 0. The maximum atomic E-state index is 9.66. The normalized spacial score (nSPS) is 16.8. The molecule has 0 saturated heterocycles. The van der Waals surface area contributed by atoms with Crippen LogP contribution in [0.5, 0.6) is 11.5 Å². The third-order valence-corrected chi connectivity index (χ3v) is 2.49. The number of aromatic hydroxyl groups is 2. The van der Waals surface area contributed by atoms with Gasteiger partial charge in [-0.15, -0.1) is 0 Å². The van der Waals surface area contributed by atoms with Gasteiger partial charge in [0.2, 0.25) is 0 Å². The quantitative estimate of drug-likeness (QED) is 0.663. The summed E-state index contributed by atoms with van der Waals surface area (Å²) in [5, 5.41) is 22.7. The highest BCUT2D eigenvalue weighted by atomic mass is 16.3. The van der Waals surface area contributed by atoms with Crippen LogP contribution in [0.15, 0.2) is 23.3 Å². The average molecular weight is 203 g/mol. The van der Waals surface area contributed by atoms with Crippen molar-refractivity contribution in [3.63, 3.8) is 0 Å². The molecule has 2 N–H and O–H groups in total. The van der Waals surface area contributed by atoms with Crippen LogP contribution in [0.3, 0.4) is 0 Å². The molecule has 1 aromatic rings. The van der Waals surface area contributed by atoms with Gasteiger partial charge in [0.1, 0.15) is 24.5 Å². The van der Waals surface area contributed by atoms with Crippen LogP contribution in [-0.4, -0.2) is 28.2 Å². The second kappa shape index (κ2) is 2.66. The molecule has 3 rings (SSSR count). The minimum absolute atomic E-state index is 0.0494. The van der Waals surface area contributed by atoms with Crippen LogP contribution in [-0.2, 0) is 0 Å². The Labute approximate surface area is 86.2 Å². The molecular weight excluding hydrogens is 194 g/mol.